The number of esters is 1. The number of carbonyl (C=O) groups is 2. The number of rotatable bonds is 4. The van der Waals surface area contributed by atoms with Gasteiger partial charge in [-0.15, -0.1) is 11.3 Å². The fourth-order valence-corrected chi connectivity index (χ4v) is 5.70. The predicted molar refractivity (Wildman–Crippen MR) is 101 cm³/mol. The number of hydrogen-bond acceptors (Lipinski definition) is 4. The van der Waals surface area contributed by atoms with Crippen molar-refractivity contribution in [2.24, 2.45) is 22.7 Å². The molecule has 1 N–H and O–H groups in total. The predicted octanol–water partition coefficient (Wildman–Crippen LogP) is 4.67. The third-order valence-corrected chi connectivity index (χ3v) is 7.68. The Balaban J connectivity index is 1.91. The first-order valence-electron chi connectivity index (χ1n) is 9.23. The van der Waals surface area contributed by atoms with Crippen molar-refractivity contribution in [2.45, 2.75) is 60.8 Å². The van der Waals surface area contributed by atoms with Gasteiger partial charge in [-0.25, -0.2) is 4.79 Å². The number of hydrogen-bond donors (Lipinski definition) is 1. The first-order chi connectivity index (χ1) is 11.6. The van der Waals surface area contributed by atoms with Crippen LogP contribution < -0.4 is 5.32 Å². The Bertz CT molecular complexity index is 703. The van der Waals surface area contributed by atoms with E-state index in [1.165, 1.54) is 4.88 Å². The summed E-state index contributed by atoms with van der Waals surface area (Å²) in [7, 11) is 0. The van der Waals surface area contributed by atoms with Gasteiger partial charge in [-0.05, 0) is 48.5 Å². The molecule has 25 heavy (non-hydrogen) atoms. The van der Waals surface area contributed by atoms with Crippen LogP contribution in [-0.4, -0.2) is 18.5 Å². The number of ether oxygens (including phenoxy) is 1. The summed E-state index contributed by atoms with van der Waals surface area (Å²) in [4.78, 5) is 26.6. The van der Waals surface area contributed by atoms with E-state index in [4.69, 9.17) is 4.74 Å². The summed E-state index contributed by atoms with van der Waals surface area (Å²) in [6, 6.07) is 0. The van der Waals surface area contributed by atoms with Gasteiger partial charge in [0.15, 0.2) is 0 Å². The second-order valence-electron chi connectivity index (χ2n) is 8.64. The lowest BCUT2D eigenvalue weighted by Gasteiger charge is -2.18. The summed E-state index contributed by atoms with van der Waals surface area (Å²) < 4.78 is 5.28. The lowest BCUT2D eigenvalue weighted by molar-refractivity contribution is -0.118. The molecule has 3 rings (SSSR count). The molecule has 1 fully saturated rings. The zero-order valence-corrected chi connectivity index (χ0v) is 16.9. The van der Waals surface area contributed by atoms with E-state index in [0.717, 1.165) is 24.8 Å². The van der Waals surface area contributed by atoms with Gasteiger partial charge in [0.25, 0.3) is 0 Å². The van der Waals surface area contributed by atoms with Crippen molar-refractivity contribution in [3.63, 3.8) is 0 Å². The lowest BCUT2D eigenvalue weighted by atomic mass is 9.88. The van der Waals surface area contributed by atoms with E-state index in [9.17, 15) is 9.59 Å². The second kappa shape index (κ2) is 6.11. The molecule has 1 heterocycles. The smallest absolute Gasteiger partial charge is 0.341 e. The summed E-state index contributed by atoms with van der Waals surface area (Å²) >= 11 is 1.56. The van der Waals surface area contributed by atoms with Crippen LogP contribution in [0.5, 0.6) is 0 Å². The first-order valence-corrected chi connectivity index (χ1v) is 10.0. The first kappa shape index (κ1) is 18.4. The molecule has 0 aliphatic heterocycles. The molecule has 2 aliphatic rings. The molecule has 0 radical (unpaired) electrons. The standard InChI is InChI=1S/C20H29NO3S/c1-7-24-18(23)14-12-9-8-11(2)10-13(12)25-17(14)21-16(22)15-19(3,4)20(15,5)6/h11,15H,7-10H2,1-6H3,(H,21,22). The molecule has 0 spiro atoms. The summed E-state index contributed by atoms with van der Waals surface area (Å²) in [6.07, 6.45) is 2.94. The summed E-state index contributed by atoms with van der Waals surface area (Å²) in [5, 5.41) is 3.76. The van der Waals surface area contributed by atoms with Gasteiger partial charge < -0.3 is 10.1 Å². The van der Waals surface area contributed by atoms with Crippen LogP contribution in [0, 0.1) is 22.7 Å². The van der Waals surface area contributed by atoms with Gasteiger partial charge in [-0.3, -0.25) is 4.79 Å². The maximum absolute atomic E-state index is 12.9. The Morgan fingerprint density at radius 3 is 2.44 bits per heavy atom. The fourth-order valence-electron chi connectivity index (χ4n) is 4.29. The van der Waals surface area contributed by atoms with Gasteiger partial charge in [-0.1, -0.05) is 34.6 Å². The highest BCUT2D eigenvalue weighted by molar-refractivity contribution is 7.17. The molecule has 1 atom stereocenters. The van der Waals surface area contributed by atoms with Crippen LogP contribution in [0.4, 0.5) is 5.00 Å². The van der Waals surface area contributed by atoms with E-state index in [0.29, 0.717) is 23.1 Å². The van der Waals surface area contributed by atoms with Crippen molar-refractivity contribution >= 4 is 28.2 Å². The summed E-state index contributed by atoms with van der Waals surface area (Å²) in [6.45, 7) is 12.9. The molecule has 4 nitrogen and oxygen atoms in total. The molecular weight excluding hydrogens is 334 g/mol. The quantitative estimate of drug-likeness (QED) is 0.791. The number of nitrogens with one attached hydrogen (secondary N) is 1. The molecule has 1 unspecified atom stereocenters. The molecule has 0 bridgehead atoms. The van der Waals surface area contributed by atoms with Crippen LogP contribution in [0.15, 0.2) is 0 Å². The maximum atomic E-state index is 12.9. The minimum Gasteiger partial charge on any atom is -0.462 e. The summed E-state index contributed by atoms with van der Waals surface area (Å²) in [5.74, 6) is 0.297. The topological polar surface area (TPSA) is 55.4 Å². The molecule has 1 aromatic heterocycles. The molecule has 2 aliphatic carbocycles. The normalized spacial score (nSPS) is 23.7. The molecule has 0 aromatic carbocycles. The van der Waals surface area contributed by atoms with E-state index >= 15 is 0 Å². The molecule has 1 saturated carbocycles. The Labute approximate surface area is 154 Å². The van der Waals surface area contributed by atoms with Crippen LogP contribution >= 0.6 is 11.3 Å². The van der Waals surface area contributed by atoms with Gasteiger partial charge >= 0.3 is 5.97 Å². The maximum Gasteiger partial charge on any atom is 0.341 e. The second-order valence-corrected chi connectivity index (χ2v) is 9.75. The molecule has 1 amide bonds. The molecule has 5 heteroatoms. The highest BCUT2D eigenvalue weighted by atomic mass is 32.1. The SMILES string of the molecule is CCOC(=O)c1c(NC(=O)C2C(C)(C)C2(C)C)sc2c1CCC(C)C2. The van der Waals surface area contributed by atoms with Crippen LogP contribution in [0.3, 0.4) is 0 Å². The molecule has 1 aromatic rings. The van der Waals surface area contributed by atoms with E-state index in [-0.39, 0.29) is 28.6 Å². The highest BCUT2D eigenvalue weighted by Crippen LogP contribution is 2.68. The minimum absolute atomic E-state index is 0.0205. The molecular formula is C20H29NO3S. The van der Waals surface area contributed by atoms with Gasteiger partial charge in [-0.2, -0.15) is 0 Å². The highest BCUT2D eigenvalue weighted by Gasteiger charge is 2.68. The van der Waals surface area contributed by atoms with Crippen LogP contribution in [0.2, 0.25) is 0 Å². The Morgan fingerprint density at radius 1 is 1.24 bits per heavy atom. The van der Waals surface area contributed by atoms with Crippen LogP contribution in [0.25, 0.3) is 0 Å². The Hall–Kier alpha value is -1.36. The van der Waals surface area contributed by atoms with Gasteiger partial charge in [0, 0.05) is 10.8 Å². The average Bonchev–Trinajstić information content (AvgIpc) is 2.76. The monoisotopic (exact) mass is 363 g/mol. The third-order valence-electron chi connectivity index (χ3n) is 6.51. The third kappa shape index (κ3) is 2.90. The van der Waals surface area contributed by atoms with Crippen LogP contribution in [0.1, 0.15) is 68.8 Å². The van der Waals surface area contributed by atoms with E-state index in [2.05, 4.69) is 39.9 Å². The Kier molecular flexibility index (Phi) is 4.51. The lowest BCUT2D eigenvalue weighted by Crippen LogP contribution is -2.19. The average molecular weight is 364 g/mol. The van der Waals surface area contributed by atoms with E-state index < -0.39 is 0 Å². The van der Waals surface area contributed by atoms with Crippen LogP contribution in [-0.2, 0) is 22.4 Å². The largest absolute Gasteiger partial charge is 0.462 e. The zero-order valence-electron chi connectivity index (χ0n) is 16.1. The van der Waals surface area contributed by atoms with Crippen molar-refractivity contribution in [1.82, 2.24) is 0 Å². The molecule has 0 saturated heterocycles. The van der Waals surface area contributed by atoms with Crippen molar-refractivity contribution in [2.75, 3.05) is 11.9 Å². The van der Waals surface area contributed by atoms with Crippen molar-refractivity contribution in [1.29, 1.82) is 0 Å². The van der Waals surface area contributed by atoms with E-state index in [1.807, 2.05) is 6.92 Å². The van der Waals surface area contributed by atoms with Crippen molar-refractivity contribution in [3.05, 3.63) is 16.0 Å². The van der Waals surface area contributed by atoms with Crippen molar-refractivity contribution in [3.8, 4) is 0 Å². The molecule has 138 valence electrons. The van der Waals surface area contributed by atoms with Gasteiger partial charge in [0.1, 0.15) is 5.00 Å². The van der Waals surface area contributed by atoms with Crippen molar-refractivity contribution < 1.29 is 14.3 Å². The minimum atomic E-state index is -0.306. The van der Waals surface area contributed by atoms with Gasteiger partial charge in [0.2, 0.25) is 5.91 Å². The fraction of sp³-hybridized carbons (Fsp3) is 0.700. The number of amides is 1. The van der Waals surface area contributed by atoms with E-state index in [1.54, 1.807) is 11.3 Å². The Morgan fingerprint density at radius 2 is 1.88 bits per heavy atom. The summed E-state index contributed by atoms with van der Waals surface area (Å²) in [5.41, 5.74) is 1.64. The number of thiophene rings is 1. The number of anilines is 1. The number of carbonyl (C=O) groups excluding carboxylic acids is 2. The zero-order chi connectivity index (χ0) is 18.6. The van der Waals surface area contributed by atoms with Gasteiger partial charge in [0.05, 0.1) is 12.2 Å². The number of fused-ring (bicyclic) bond motifs is 1.